The molecule has 2 saturated heterocycles. The highest BCUT2D eigenvalue weighted by atomic mass is 32.1. The number of fused-ring (bicyclic) bond motifs is 3. The fourth-order valence-electron chi connectivity index (χ4n) is 4.81. The Morgan fingerprint density at radius 2 is 2.12 bits per heavy atom. The van der Waals surface area contributed by atoms with E-state index < -0.39 is 0 Å². The van der Waals surface area contributed by atoms with Crippen LogP contribution in [-0.4, -0.2) is 66.1 Å². The van der Waals surface area contributed by atoms with Crippen molar-refractivity contribution in [3.8, 4) is 22.8 Å². The van der Waals surface area contributed by atoms with Gasteiger partial charge in [-0.15, -0.1) is 11.3 Å². The molecule has 4 heterocycles. The van der Waals surface area contributed by atoms with Crippen LogP contribution >= 0.6 is 11.3 Å². The summed E-state index contributed by atoms with van der Waals surface area (Å²) in [6.45, 7) is 1.43. The van der Waals surface area contributed by atoms with E-state index in [4.69, 9.17) is 18.9 Å². The molecule has 3 unspecified atom stereocenters. The van der Waals surface area contributed by atoms with E-state index in [2.05, 4.69) is 9.97 Å². The van der Waals surface area contributed by atoms with Crippen LogP contribution in [0.15, 0.2) is 29.9 Å². The molecule has 2 aliphatic heterocycles. The van der Waals surface area contributed by atoms with Crippen LogP contribution in [0, 0.1) is 11.7 Å². The lowest BCUT2D eigenvalue weighted by Gasteiger charge is -2.33. The van der Waals surface area contributed by atoms with Gasteiger partial charge in [-0.05, 0) is 31.4 Å². The average Bonchev–Trinajstić information content (AvgIpc) is 3.31. The summed E-state index contributed by atoms with van der Waals surface area (Å²) in [4.78, 5) is 23.3. The lowest BCUT2D eigenvalue weighted by Crippen LogP contribution is -2.48. The smallest absolute Gasteiger partial charge is 0.410 e. The molecule has 8 nitrogen and oxygen atoms in total. The van der Waals surface area contributed by atoms with E-state index in [0.717, 1.165) is 24.0 Å². The number of thiophene rings is 1. The Kier molecular flexibility index (Phi) is 5.49. The molecule has 1 amide bonds. The number of benzene rings is 1. The first-order chi connectivity index (χ1) is 16.6. The number of carbonyl (C=O) groups is 1. The number of nitrogens with zero attached hydrogens (tertiary/aromatic N) is 3. The molecule has 178 valence electrons. The Bertz CT molecular complexity index is 1230. The van der Waals surface area contributed by atoms with Crippen LogP contribution in [0.1, 0.15) is 19.3 Å². The SMILES string of the molecule is COc1ccc(-c2csc3c(OC4C5COCC4N(C(=O)OC4CCC4)C5)ncnc23)c(F)c1. The second kappa shape index (κ2) is 8.66. The van der Waals surface area contributed by atoms with E-state index in [0.29, 0.717) is 48.0 Å². The van der Waals surface area contributed by atoms with Crippen molar-refractivity contribution < 1.29 is 28.1 Å². The van der Waals surface area contributed by atoms with Crippen LogP contribution in [0.2, 0.25) is 0 Å². The number of halogens is 1. The number of aromatic nitrogens is 2. The van der Waals surface area contributed by atoms with Crippen LogP contribution in [0.3, 0.4) is 0 Å². The van der Waals surface area contributed by atoms with E-state index in [9.17, 15) is 9.18 Å². The average molecular weight is 486 g/mol. The Balaban J connectivity index is 1.27. The van der Waals surface area contributed by atoms with Crippen molar-refractivity contribution in [2.45, 2.75) is 37.5 Å². The van der Waals surface area contributed by atoms with E-state index >= 15 is 0 Å². The first-order valence-corrected chi connectivity index (χ1v) is 12.3. The van der Waals surface area contributed by atoms with Gasteiger partial charge in [0.05, 0.1) is 31.9 Å². The molecule has 1 aliphatic carbocycles. The maximum absolute atomic E-state index is 14.7. The van der Waals surface area contributed by atoms with Gasteiger partial charge in [-0.2, -0.15) is 0 Å². The first-order valence-electron chi connectivity index (χ1n) is 11.4. The zero-order valence-corrected chi connectivity index (χ0v) is 19.4. The van der Waals surface area contributed by atoms with Crippen molar-refractivity contribution in [2.24, 2.45) is 5.92 Å². The molecule has 2 bridgehead atoms. The monoisotopic (exact) mass is 485 g/mol. The van der Waals surface area contributed by atoms with Gasteiger partial charge in [-0.1, -0.05) is 0 Å². The fourth-order valence-corrected chi connectivity index (χ4v) is 5.76. The standard InChI is InChI=1S/C24H24FN3O5S/c1-30-15-5-6-16(18(25)7-15)17-11-34-22-20(17)26-12-27-23(22)33-21-13-8-28(19(21)10-31-9-13)24(29)32-14-3-2-4-14/h5-7,11-14,19,21H,2-4,8-10H2,1H3. The van der Waals surface area contributed by atoms with Crippen LogP contribution in [0.25, 0.3) is 21.3 Å². The predicted octanol–water partition coefficient (Wildman–Crippen LogP) is 4.27. The van der Waals surface area contributed by atoms with Crippen molar-refractivity contribution in [1.29, 1.82) is 0 Å². The molecule has 1 aromatic carbocycles. The highest BCUT2D eigenvalue weighted by Crippen LogP contribution is 2.40. The van der Waals surface area contributed by atoms with Gasteiger partial charge in [0.1, 0.15) is 34.8 Å². The second-order valence-corrected chi connectivity index (χ2v) is 9.77. The lowest BCUT2D eigenvalue weighted by molar-refractivity contribution is -0.0295. The van der Waals surface area contributed by atoms with E-state index in [-0.39, 0.29) is 36.1 Å². The number of ether oxygens (including phenoxy) is 4. The third-order valence-electron chi connectivity index (χ3n) is 6.89. The number of methoxy groups -OCH3 is 1. The van der Waals surface area contributed by atoms with Crippen LogP contribution < -0.4 is 9.47 Å². The maximum atomic E-state index is 14.7. The number of hydrogen-bond donors (Lipinski definition) is 0. The molecular formula is C24H24FN3O5S. The zero-order valence-electron chi connectivity index (χ0n) is 18.6. The molecule has 3 fully saturated rings. The molecule has 10 heteroatoms. The number of rotatable bonds is 5. The predicted molar refractivity (Wildman–Crippen MR) is 123 cm³/mol. The Labute approximate surface area is 199 Å². The summed E-state index contributed by atoms with van der Waals surface area (Å²) >= 11 is 1.41. The topological polar surface area (TPSA) is 83.0 Å². The van der Waals surface area contributed by atoms with Crippen molar-refractivity contribution >= 4 is 27.6 Å². The third kappa shape index (κ3) is 3.65. The lowest BCUT2D eigenvalue weighted by atomic mass is 9.96. The first kappa shape index (κ1) is 21.5. The normalized spacial score (nSPS) is 24.2. The Hall–Kier alpha value is -2.98. The van der Waals surface area contributed by atoms with Crippen molar-refractivity contribution in [3.05, 3.63) is 35.7 Å². The molecule has 0 spiro atoms. The van der Waals surface area contributed by atoms with Crippen molar-refractivity contribution in [2.75, 3.05) is 26.9 Å². The minimum atomic E-state index is -0.386. The molecule has 0 N–H and O–H groups in total. The zero-order chi connectivity index (χ0) is 23.2. The summed E-state index contributed by atoms with van der Waals surface area (Å²) in [6, 6.07) is 4.52. The minimum absolute atomic E-state index is 0.0242. The summed E-state index contributed by atoms with van der Waals surface area (Å²) in [6.07, 6.45) is 3.86. The summed E-state index contributed by atoms with van der Waals surface area (Å²) in [5.74, 6) is 0.528. The Morgan fingerprint density at radius 1 is 1.24 bits per heavy atom. The number of carbonyl (C=O) groups excluding carboxylic acids is 1. The minimum Gasteiger partial charge on any atom is -0.497 e. The van der Waals surface area contributed by atoms with E-state index in [1.54, 1.807) is 17.0 Å². The summed E-state index contributed by atoms with van der Waals surface area (Å²) in [5, 5.41) is 1.86. The van der Waals surface area contributed by atoms with Crippen LogP contribution in [0.4, 0.5) is 9.18 Å². The maximum Gasteiger partial charge on any atom is 0.410 e. The molecule has 0 radical (unpaired) electrons. The fraction of sp³-hybridized carbons (Fsp3) is 0.458. The van der Waals surface area contributed by atoms with Gasteiger partial charge in [0.15, 0.2) is 0 Å². The number of amides is 1. The van der Waals surface area contributed by atoms with Gasteiger partial charge in [0, 0.05) is 35.0 Å². The van der Waals surface area contributed by atoms with Gasteiger partial charge >= 0.3 is 6.09 Å². The Morgan fingerprint density at radius 3 is 2.88 bits per heavy atom. The molecule has 6 rings (SSSR count). The number of hydrogen-bond acceptors (Lipinski definition) is 8. The third-order valence-corrected chi connectivity index (χ3v) is 7.84. The number of likely N-dealkylation sites (tertiary alicyclic amines) is 1. The summed E-state index contributed by atoms with van der Waals surface area (Å²) in [7, 11) is 1.50. The quantitative estimate of drug-likeness (QED) is 0.534. The molecule has 1 saturated carbocycles. The molecule has 2 aromatic heterocycles. The molecule has 3 aromatic rings. The molecule has 3 atom stereocenters. The largest absolute Gasteiger partial charge is 0.497 e. The van der Waals surface area contributed by atoms with Gasteiger partial charge in [0.2, 0.25) is 5.88 Å². The highest BCUT2D eigenvalue weighted by Gasteiger charge is 2.50. The molecule has 34 heavy (non-hydrogen) atoms. The molecular weight excluding hydrogens is 461 g/mol. The summed E-state index contributed by atoms with van der Waals surface area (Å²) in [5.41, 5.74) is 1.74. The van der Waals surface area contributed by atoms with Gasteiger partial charge in [0.25, 0.3) is 0 Å². The second-order valence-electron chi connectivity index (χ2n) is 8.89. The molecule has 3 aliphatic rings. The van der Waals surface area contributed by atoms with E-state index in [1.165, 1.54) is 30.8 Å². The van der Waals surface area contributed by atoms with Gasteiger partial charge in [-0.3, -0.25) is 4.90 Å². The van der Waals surface area contributed by atoms with Gasteiger partial charge in [-0.25, -0.2) is 19.2 Å². The summed E-state index contributed by atoms with van der Waals surface area (Å²) < 4.78 is 38.4. The van der Waals surface area contributed by atoms with E-state index in [1.807, 2.05) is 5.38 Å². The van der Waals surface area contributed by atoms with Crippen LogP contribution in [0.5, 0.6) is 11.6 Å². The van der Waals surface area contributed by atoms with Gasteiger partial charge < -0.3 is 18.9 Å². The highest BCUT2D eigenvalue weighted by molar-refractivity contribution is 7.18. The van der Waals surface area contributed by atoms with Crippen molar-refractivity contribution in [1.82, 2.24) is 14.9 Å². The van der Waals surface area contributed by atoms with Crippen molar-refractivity contribution in [3.63, 3.8) is 0 Å². The van der Waals surface area contributed by atoms with Crippen LogP contribution in [-0.2, 0) is 9.47 Å².